The maximum absolute atomic E-state index is 14.6. The van der Waals surface area contributed by atoms with Crippen molar-refractivity contribution in [2.75, 3.05) is 11.9 Å². The number of aromatic nitrogens is 3. The minimum atomic E-state index is -1.22. The number of carbonyl (C=O) groups excluding carboxylic acids is 5. The largest absolute Gasteiger partial charge is 0.370 e. The zero-order chi connectivity index (χ0) is 38.3. The van der Waals surface area contributed by atoms with Gasteiger partial charge in [-0.05, 0) is 55.9 Å². The molecule has 0 aliphatic heterocycles. The third kappa shape index (κ3) is 12.2. The van der Waals surface area contributed by atoms with Crippen LogP contribution < -0.4 is 32.7 Å². The van der Waals surface area contributed by atoms with Crippen LogP contribution in [0.15, 0.2) is 66.9 Å². The Labute approximate surface area is 312 Å². The van der Waals surface area contributed by atoms with Crippen molar-refractivity contribution in [3.63, 3.8) is 0 Å². The van der Waals surface area contributed by atoms with E-state index in [0.717, 1.165) is 34.4 Å². The summed E-state index contributed by atoms with van der Waals surface area (Å²) in [6.07, 6.45) is 8.15. The highest BCUT2D eigenvalue weighted by molar-refractivity contribution is 6.32. The van der Waals surface area contributed by atoms with E-state index in [4.69, 9.17) is 28.5 Å². The Hall–Kier alpha value is -5.61. The number of benzene rings is 2. The van der Waals surface area contributed by atoms with E-state index < -0.39 is 53.8 Å². The second-order valence-corrected chi connectivity index (χ2v) is 13.2. The Morgan fingerprint density at radius 2 is 1.68 bits per heavy atom. The SMILES string of the molecule is C[C@H](N)C(=O)N[C@@H](CCCNC(=N)N)C(=O)N[C@@H](Cc1ccccc1)C(=O)N(C(=O)n1cc(NC(=O)C=Cc2ccccc2Cl)nn1)C1CCCCC1. The van der Waals surface area contributed by atoms with Crippen LogP contribution in [-0.4, -0.2) is 86.2 Å². The lowest BCUT2D eigenvalue weighted by atomic mass is 9.93. The van der Waals surface area contributed by atoms with E-state index in [1.807, 2.05) is 6.07 Å². The maximum Gasteiger partial charge on any atom is 0.353 e. The monoisotopic (exact) mass is 747 g/mol. The van der Waals surface area contributed by atoms with Gasteiger partial charge in [-0.15, -0.1) is 5.10 Å². The molecule has 53 heavy (non-hydrogen) atoms. The normalized spacial score (nSPS) is 14.8. The predicted molar refractivity (Wildman–Crippen MR) is 200 cm³/mol. The summed E-state index contributed by atoms with van der Waals surface area (Å²) in [6.45, 7) is 1.75. The van der Waals surface area contributed by atoms with E-state index in [1.165, 1.54) is 25.3 Å². The second kappa shape index (κ2) is 19.8. The maximum atomic E-state index is 14.6. The first-order chi connectivity index (χ1) is 25.4. The minimum Gasteiger partial charge on any atom is -0.370 e. The van der Waals surface area contributed by atoms with E-state index in [2.05, 4.69) is 31.6 Å². The highest BCUT2D eigenvalue weighted by atomic mass is 35.5. The van der Waals surface area contributed by atoms with E-state index in [1.54, 1.807) is 48.5 Å². The summed E-state index contributed by atoms with van der Waals surface area (Å²) < 4.78 is 0.884. The Bertz CT molecular complexity index is 1780. The molecule has 1 fully saturated rings. The third-order valence-electron chi connectivity index (χ3n) is 8.57. The van der Waals surface area contributed by atoms with Crippen molar-refractivity contribution in [3.8, 4) is 0 Å². The molecule has 1 aliphatic carbocycles. The average molecular weight is 748 g/mol. The molecule has 2 aromatic carbocycles. The molecule has 1 saturated carbocycles. The summed E-state index contributed by atoms with van der Waals surface area (Å²) in [5.41, 5.74) is 12.5. The lowest BCUT2D eigenvalue weighted by Gasteiger charge is -2.35. The minimum absolute atomic E-state index is 0.0238. The molecule has 0 unspecified atom stereocenters. The van der Waals surface area contributed by atoms with Crippen LogP contribution in [-0.2, 0) is 25.6 Å². The van der Waals surface area contributed by atoms with Gasteiger partial charge in [0.15, 0.2) is 11.8 Å². The van der Waals surface area contributed by atoms with Crippen molar-refractivity contribution in [2.24, 2.45) is 11.5 Å². The standard InChI is InChI=1S/C36H46ClN11O5/c1-23(38)32(50)42-28(17-10-20-41-35(39)40)33(51)43-29(21-24-11-4-2-5-12-24)34(52)48(26-14-6-3-7-15-26)36(53)47-22-30(45-46-47)44-31(49)19-18-25-13-8-9-16-27(25)37/h2,4-5,8-9,11-13,16,18-19,22-23,26,28-29H,3,6-7,10,14-15,17,20-21,38H2,1H3,(H,42,50)(H,43,51)(H,44,49)(H4,39,40,41)/t23-,28-,29-/m0/s1. The quantitative estimate of drug-likeness (QED) is 0.0518. The van der Waals surface area contributed by atoms with E-state index in [0.29, 0.717) is 29.8 Å². The number of nitrogens with two attached hydrogens (primary N) is 2. The highest BCUT2D eigenvalue weighted by Gasteiger charge is 2.38. The van der Waals surface area contributed by atoms with Gasteiger partial charge in [-0.2, -0.15) is 4.68 Å². The summed E-state index contributed by atoms with van der Waals surface area (Å²) >= 11 is 6.17. The molecule has 3 aromatic rings. The number of imide groups is 1. The Balaban J connectivity index is 1.59. The second-order valence-electron chi connectivity index (χ2n) is 12.8. The fraction of sp³-hybridized carbons (Fsp3) is 0.389. The summed E-state index contributed by atoms with van der Waals surface area (Å²) in [7, 11) is 0. The molecular weight excluding hydrogens is 702 g/mol. The first kappa shape index (κ1) is 40.2. The first-order valence-electron chi connectivity index (χ1n) is 17.4. The summed E-state index contributed by atoms with van der Waals surface area (Å²) in [5.74, 6) is -2.69. The molecule has 5 amide bonds. The van der Waals surface area contributed by atoms with Crippen LogP contribution in [0.25, 0.3) is 6.08 Å². The molecule has 3 atom stereocenters. The molecule has 0 saturated heterocycles. The van der Waals surface area contributed by atoms with Crippen LogP contribution in [0.1, 0.15) is 63.0 Å². The van der Waals surface area contributed by atoms with Gasteiger partial charge in [0.2, 0.25) is 17.7 Å². The van der Waals surface area contributed by atoms with Crippen molar-refractivity contribution in [2.45, 2.75) is 82.5 Å². The zero-order valence-electron chi connectivity index (χ0n) is 29.5. The lowest BCUT2D eigenvalue weighted by molar-refractivity contribution is -0.137. The Morgan fingerprint density at radius 1 is 1.00 bits per heavy atom. The van der Waals surface area contributed by atoms with Crippen LogP contribution in [0.3, 0.4) is 0 Å². The summed E-state index contributed by atoms with van der Waals surface area (Å²) in [4.78, 5) is 69.0. The number of amides is 5. The molecule has 1 heterocycles. The predicted octanol–water partition coefficient (Wildman–Crippen LogP) is 2.54. The molecule has 4 rings (SSSR count). The fourth-order valence-corrected chi connectivity index (χ4v) is 6.03. The molecule has 1 aromatic heterocycles. The smallest absolute Gasteiger partial charge is 0.353 e. The van der Waals surface area contributed by atoms with Crippen molar-refractivity contribution in [1.29, 1.82) is 5.41 Å². The van der Waals surface area contributed by atoms with Gasteiger partial charge in [-0.25, -0.2) is 4.79 Å². The van der Waals surface area contributed by atoms with Crippen LogP contribution >= 0.6 is 11.6 Å². The summed E-state index contributed by atoms with van der Waals surface area (Å²) in [6, 6.07) is 11.5. The number of nitrogens with zero attached hydrogens (tertiary/aromatic N) is 4. The molecular formula is C36H46ClN11O5. The summed E-state index contributed by atoms with van der Waals surface area (Å²) in [5, 5.41) is 26.4. The molecule has 17 heteroatoms. The van der Waals surface area contributed by atoms with E-state index in [9.17, 15) is 24.0 Å². The van der Waals surface area contributed by atoms with Crippen molar-refractivity contribution in [1.82, 2.24) is 35.8 Å². The third-order valence-corrected chi connectivity index (χ3v) is 8.92. The number of guanidine groups is 1. The van der Waals surface area contributed by atoms with Crippen LogP contribution in [0.2, 0.25) is 5.02 Å². The first-order valence-corrected chi connectivity index (χ1v) is 17.8. The number of hydrogen-bond acceptors (Lipinski definition) is 9. The zero-order valence-corrected chi connectivity index (χ0v) is 30.2. The van der Waals surface area contributed by atoms with E-state index in [-0.39, 0.29) is 31.2 Å². The van der Waals surface area contributed by atoms with Crippen molar-refractivity contribution < 1.29 is 24.0 Å². The number of hydrogen-bond donors (Lipinski definition) is 7. The fourth-order valence-electron chi connectivity index (χ4n) is 5.83. The van der Waals surface area contributed by atoms with Crippen LogP contribution in [0.5, 0.6) is 0 Å². The van der Waals surface area contributed by atoms with E-state index >= 15 is 0 Å². The Morgan fingerprint density at radius 3 is 2.36 bits per heavy atom. The number of rotatable bonds is 15. The molecule has 9 N–H and O–H groups in total. The average Bonchev–Trinajstić information content (AvgIpc) is 3.61. The van der Waals surface area contributed by atoms with Gasteiger partial charge in [0.25, 0.3) is 5.91 Å². The van der Waals surface area contributed by atoms with Gasteiger partial charge >= 0.3 is 6.03 Å². The van der Waals surface area contributed by atoms with Gasteiger partial charge in [0, 0.05) is 30.1 Å². The van der Waals surface area contributed by atoms with Crippen molar-refractivity contribution >= 4 is 59.1 Å². The molecule has 16 nitrogen and oxygen atoms in total. The number of carbonyl (C=O) groups is 5. The van der Waals surface area contributed by atoms with Gasteiger partial charge in [0.05, 0.1) is 12.2 Å². The molecule has 0 spiro atoms. The van der Waals surface area contributed by atoms with Crippen LogP contribution in [0, 0.1) is 5.41 Å². The topological polar surface area (TPSA) is 243 Å². The lowest BCUT2D eigenvalue weighted by Crippen LogP contribution is -2.59. The number of halogens is 1. The molecule has 0 bridgehead atoms. The van der Waals surface area contributed by atoms with Gasteiger partial charge in [0.1, 0.15) is 12.1 Å². The number of nitrogens with one attached hydrogen (secondary N) is 5. The molecule has 282 valence electrons. The van der Waals surface area contributed by atoms with Crippen LogP contribution in [0.4, 0.5) is 10.6 Å². The van der Waals surface area contributed by atoms with Crippen molar-refractivity contribution in [3.05, 3.63) is 83.0 Å². The molecule has 0 radical (unpaired) electrons. The van der Waals surface area contributed by atoms with Gasteiger partial charge < -0.3 is 32.7 Å². The van der Waals surface area contributed by atoms with Gasteiger partial charge in [-0.1, -0.05) is 84.6 Å². The number of anilines is 1. The van der Waals surface area contributed by atoms with Gasteiger partial charge in [-0.3, -0.25) is 29.5 Å². The Kier molecular flexibility index (Phi) is 15.0. The molecule has 1 aliphatic rings. The highest BCUT2D eigenvalue weighted by Crippen LogP contribution is 2.25.